The second-order valence-corrected chi connectivity index (χ2v) is 21.0. The van der Waals surface area contributed by atoms with Gasteiger partial charge in [0.05, 0.1) is 25.4 Å². The third-order valence-corrected chi connectivity index (χ3v) is 14.3. The summed E-state index contributed by atoms with van der Waals surface area (Å²) < 4.78 is 5.48. The van der Waals surface area contributed by atoms with Gasteiger partial charge in [-0.15, -0.1) is 0 Å². The Hall–Kier alpha value is -1.66. The van der Waals surface area contributed by atoms with Gasteiger partial charge in [-0.05, 0) is 57.8 Å². The Labute approximate surface area is 424 Å². The first-order valence-corrected chi connectivity index (χ1v) is 30.6. The highest BCUT2D eigenvalue weighted by molar-refractivity contribution is 5.76. The van der Waals surface area contributed by atoms with Crippen LogP contribution in [-0.4, -0.2) is 47.4 Å². The molecule has 0 fully saturated rings. The molecule has 0 rings (SSSR count). The van der Waals surface area contributed by atoms with Gasteiger partial charge in [-0.2, -0.15) is 0 Å². The van der Waals surface area contributed by atoms with Crippen LogP contribution < -0.4 is 5.32 Å². The van der Waals surface area contributed by atoms with Crippen molar-refractivity contribution in [2.45, 2.75) is 347 Å². The number of aliphatic hydroxyl groups excluding tert-OH is 2. The van der Waals surface area contributed by atoms with Gasteiger partial charge in [0.15, 0.2) is 0 Å². The molecule has 402 valence electrons. The minimum Gasteiger partial charge on any atom is -0.466 e. The lowest BCUT2D eigenvalue weighted by Gasteiger charge is -2.22. The van der Waals surface area contributed by atoms with Gasteiger partial charge in [0.25, 0.3) is 0 Å². The standard InChI is InChI=1S/C62H119NO5/c1-3-5-7-9-11-13-15-16-29-33-36-40-44-48-52-56-62(67)68-57-53-49-45-41-37-34-31-28-26-24-22-20-18-17-19-21-23-25-27-30-32-35-39-43-47-51-55-61(66)63-59(58-64)60(65)54-50-46-42-38-14-12-10-8-6-4-2/h11,13,16,29,59-60,64-65H,3-10,12,14-15,17-28,30-58H2,1-2H3,(H,63,66)/b13-11-,29-16-. The molecule has 0 aromatic heterocycles. The maximum atomic E-state index is 12.4. The lowest BCUT2D eigenvalue weighted by atomic mass is 10.0. The van der Waals surface area contributed by atoms with E-state index >= 15 is 0 Å². The van der Waals surface area contributed by atoms with E-state index in [4.69, 9.17) is 4.74 Å². The first-order chi connectivity index (χ1) is 33.5. The second-order valence-electron chi connectivity index (χ2n) is 21.0. The minimum absolute atomic E-state index is 0.00335. The number of nitrogens with one attached hydrogen (secondary N) is 1. The predicted octanol–water partition coefficient (Wildman–Crippen LogP) is 19.0. The summed E-state index contributed by atoms with van der Waals surface area (Å²) in [5.41, 5.74) is 0. The van der Waals surface area contributed by atoms with Gasteiger partial charge in [-0.1, -0.05) is 289 Å². The minimum atomic E-state index is -0.660. The van der Waals surface area contributed by atoms with Crippen LogP contribution in [0.2, 0.25) is 0 Å². The number of allylic oxidation sites excluding steroid dienone is 4. The SMILES string of the molecule is CCCCC/C=C\C/C=C\CCCCCCCC(=O)OCCCCCCCCCCCCCCCCCCCCCCCCCCCCC(=O)NC(CO)C(O)CCCCCCCCCCCC. The summed E-state index contributed by atoms with van der Waals surface area (Å²) in [6, 6.07) is -0.537. The molecular weight excluding hydrogens is 839 g/mol. The van der Waals surface area contributed by atoms with Crippen molar-refractivity contribution < 1.29 is 24.5 Å². The maximum Gasteiger partial charge on any atom is 0.305 e. The molecule has 1 amide bonds. The molecule has 0 saturated carbocycles. The van der Waals surface area contributed by atoms with Crippen LogP contribution in [-0.2, 0) is 14.3 Å². The van der Waals surface area contributed by atoms with Gasteiger partial charge in [0.1, 0.15) is 0 Å². The molecule has 0 radical (unpaired) electrons. The first kappa shape index (κ1) is 66.3. The number of unbranched alkanes of at least 4 members (excludes halogenated alkanes) is 42. The normalized spacial score (nSPS) is 12.7. The van der Waals surface area contributed by atoms with E-state index < -0.39 is 12.1 Å². The van der Waals surface area contributed by atoms with Crippen molar-refractivity contribution in [2.75, 3.05) is 13.2 Å². The van der Waals surface area contributed by atoms with Crippen molar-refractivity contribution in [3.63, 3.8) is 0 Å². The number of rotatable bonds is 57. The molecule has 0 aliphatic rings. The summed E-state index contributed by atoms with van der Waals surface area (Å²) in [6.45, 7) is 4.92. The molecule has 68 heavy (non-hydrogen) atoms. The number of hydrogen-bond acceptors (Lipinski definition) is 5. The van der Waals surface area contributed by atoms with E-state index in [9.17, 15) is 19.8 Å². The molecule has 6 heteroatoms. The molecule has 0 aromatic carbocycles. The Bertz CT molecular complexity index is 1060. The highest BCUT2D eigenvalue weighted by atomic mass is 16.5. The quantitative estimate of drug-likeness (QED) is 0.0321. The van der Waals surface area contributed by atoms with Crippen molar-refractivity contribution >= 4 is 11.9 Å². The summed E-state index contributed by atoms with van der Waals surface area (Å²) in [5.74, 6) is -0.0302. The largest absolute Gasteiger partial charge is 0.466 e. The van der Waals surface area contributed by atoms with Crippen LogP contribution >= 0.6 is 0 Å². The van der Waals surface area contributed by atoms with E-state index in [0.717, 1.165) is 51.4 Å². The fourth-order valence-corrected chi connectivity index (χ4v) is 9.55. The maximum absolute atomic E-state index is 12.4. The number of aliphatic hydroxyl groups is 2. The van der Waals surface area contributed by atoms with E-state index in [0.29, 0.717) is 25.9 Å². The molecule has 2 atom stereocenters. The molecule has 0 heterocycles. The molecule has 3 N–H and O–H groups in total. The smallest absolute Gasteiger partial charge is 0.305 e. The number of ether oxygens (including phenoxy) is 1. The summed E-state index contributed by atoms with van der Waals surface area (Å²) >= 11 is 0. The van der Waals surface area contributed by atoms with Crippen LogP contribution in [0.15, 0.2) is 24.3 Å². The van der Waals surface area contributed by atoms with Gasteiger partial charge in [0, 0.05) is 12.8 Å². The summed E-state index contributed by atoms with van der Waals surface area (Å²) in [5, 5.41) is 23.2. The average molecular weight is 959 g/mol. The fraction of sp³-hybridized carbons (Fsp3) is 0.903. The predicted molar refractivity (Wildman–Crippen MR) is 296 cm³/mol. The Morgan fingerprint density at radius 1 is 0.412 bits per heavy atom. The van der Waals surface area contributed by atoms with Crippen molar-refractivity contribution in [3.05, 3.63) is 24.3 Å². The Balaban J connectivity index is 3.33. The third kappa shape index (κ3) is 53.7. The Kier molecular flexibility index (Phi) is 56.5. The van der Waals surface area contributed by atoms with Crippen LogP contribution in [0, 0.1) is 0 Å². The van der Waals surface area contributed by atoms with E-state index in [2.05, 4.69) is 43.5 Å². The average Bonchev–Trinajstić information content (AvgIpc) is 3.34. The van der Waals surface area contributed by atoms with Crippen LogP contribution in [0.5, 0.6) is 0 Å². The Morgan fingerprint density at radius 2 is 0.735 bits per heavy atom. The van der Waals surface area contributed by atoms with Gasteiger partial charge >= 0.3 is 5.97 Å². The van der Waals surface area contributed by atoms with E-state index in [1.807, 2.05) is 0 Å². The number of esters is 1. The van der Waals surface area contributed by atoms with Crippen LogP contribution in [0.1, 0.15) is 335 Å². The second kappa shape index (κ2) is 57.9. The molecule has 0 aliphatic carbocycles. The zero-order chi connectivity index (χ0) is 49.3. The highest BCUT2D eigenvalue weighted by Gasteiger charge is 2.20. The zero-order valence-corrected chi connectivity index (χ0v) is 45.9. The molecule has 6 nitrogen and oxygen atoms in total. The van der Waals surface area contributed by atoms with Crippen LogP contribution in [0.3, 0.4) is 0 Å². The number of amides is 1. The Morgan fingerprint density at radius 3 is 1.15 bits per heavy atom. The molecular formula is C62H119NO5. The monoisotopic (exact) mass is 958 g/mol. The van der Waals surface area contributed by atoms with E-state index in [-0.39, 0.29) is 18.5 Å². The lowest BCUT2D eigenvalue weighted by Crippen LogP contribution is -2.45. The summed E-state index contributed by atoms with van der Waals surface area (Å²) in [7, 11) is 0. The van der Waals surface area contributed by atoms with Crippen molar-refractivity contribution in [1.29, 1.82) is 0 Å². The van der Waals surface area contributed by atoms with Crippen LogP contribution in [0.25, 0.3) is 0 Å². The van der Waals surface area contributed by atoms with Gasteiger partial charge in [-0.3, -0.25) is 9.59 Å². The number of carbonyl (C=O) groups excluding carboxylic acids is 2. The van der Waals surface area contributed by atoms with Gasteiger partial charge in [-0.25, -0.2) is 0 Å². The highest BCUT2D eigenvalue weighted by Crippen LogP contribution is 2.18. The third-order valence-electron chi connectivity index (χ3n) is 14.3. The van der Waals surface area contributed by atoms with E-state index in [1.54, 1.807) is 0 Å². The van der Waals surface area contributed by atoms with Crippen LogP contribution in [0.4, 0.5) is 0 Å². The molecule has 2 unspecified atom stereocenters. The topological polar surface area (TPSA) is 95.9 Å². The van der Waals surface area contributed by atoms with Crippen molar-refractivity contribution in [1.82, 2.24) is 5.32 Å². The molecule has 0 aromatic rings. The first-order valence-electron chi connectivity index (χ1n) is 30.6. The van der Waals surface area contributed by atoms with Crippen molar-refractivity contribution in [3.8, 4) is 0 Å². The lowest BCUT2D eigenvalue weighted by molar-refractivity contribution is -0.143. The van der Waals surface area contributed by atoms with E-state index in [1.165, 1.54) is 250 Å². The molecule has 0 bridgehead atoms. The van der Waals surface area contributed by atoms with Crippen molar-refractivity contribution in [2.24, 2.45) is 0 Å². The summed E-state index contributed by atoms with van der Waals surface area (Å²) in [6.07, 6.45) is 70.5. The molecule has 0 aliphatic heterocycles. The fourth-order valence-electron chi connectivity index (χ4n) is 9.55. The molecule has 0 spiro atoms. The number of carbonyl (C=O) groups is 2. The van der Waals surface area contributed by atoms with Gasteiger partial charge < -0.3 is 20.3 Å². The van der Waals surface area contributed by atoms with Gasteiger partial charge in [0.2, 0.25) is 5.91 Å². The summed E-state index contributed by atoms with van der Waals surface area (Å²) in [4.78, 5) is 24.5. The molecule has 0 saturated heterocycles. The number of hydrogen-bond donors (Lipinski definition) is 3. The zero-order valence-electron chi connectivity index (χ0n) is 45.9.